The summed E-state index contributed by atoms with van der Waals surface area (Å²) in [6.45, 7) is 8.81. The molecule has 1 atom stereocenters. The summed E-state index contributed by atoms with van der Waals surface area (Å²) in [7, 11) is -8.68. The van der Waals surface area contributed by atoms with Gasteiger partial charge in [0.05, 0.1) is 60.2 Å². The van der Waals surface area contributed by atoms with E-state index in [-0.39, 0.29) is 48.4 Å². The van der Waals surface area contributed by atoms with Crippen molar-refractivity contribution in [3.05, 3.63) is 65.6 Å². The molecule has 0 saturated carbocycles. The van der Waals surface area contributed by atoms with E-state index in [1.807, 2.05) is 49.1 Å². The van der Waals surface area contributed by atoms with Crippen molar-refractivity contribution in [2.24, 2.45) is 0 Å². The summed E-state index contributed by atoms with van der Waals surface area (Å²) >= 11 is 0. The number of pyridine rings is 2. The van der Waals surface area contributed by atoms with Crippen molar-refractivity contribution in [3.63, 3.8) is 0 Å². The van der Waals surface area contributed by atoms with Crippen molar-refractivity contribution < 1.29 is 55.5 Å². The molecule has 4 rings (SSSR count). The summed E-state index contributed by atoms with van der Waals surface area (Å²) in [6.07, 6.45) is 5.70. The summed E-state index contributed by atoms with van der Waals surface area (Å²) in [5.74, 6) is -0.926. The van der Waals surface area contributed by atoms with Gasteiger partial charge in [-0.25, -0.2) is 16.8 Å². The van der Waals surface area contributed by atoms with E-state index in [1.54, 1.807) is 12.4 Å². The first-order valence-corrected chi connectivity index (χ1v) is 15.6. The molecule has 2 aromatic heterocycles. The minimum atomic E-state index is -4.35. The van der Waals surface area contributed by atoms with Crippen LogP contribution in [0, 0.1) is 0 Å². The Labute approximate surface area is 253 Å². The topological polar surface area (TPSA) is 147 Å². The second-order valence-electron chi connectivity index (χ2n) is 10.8. The number of rotatable bonds is 9. The van der Waals surface area contributed by atoms with Gasteiger partial charge in [-0.3, -0.25) is 9.97 Å². The van der Waals surface area contributed by atoms with Gasteiger partial charge in [0.15, 0.2) is 0 Å². The number of fused-ring (bicyclic) bond motifs is 2. The van der Waals surface area contributed by atoms with Gasteiger partial charge in [-0.05, 0) is 57.0 Å². The van der Waals surface area contributed by atoms with E-state index in [1.165, 1.54) is 0 Å². The van der Waals surface area contributed by atoms with Crippen LogP contribution in [0.25, 0.3) is 0 Å². The Morgan fingerprint density at radius 3 is 2.03 bits per heavy atom. The minimum Gasteiger partial charge on any atom is -0.748 e. The molecule has 206 valence electrons. The third kappa shape index (κ3) is 6.77. The third-order valence-corrected chi connectivity index (χ3v) is 8.84. The van der Waals surface area contributed by atoms with Crippen LogP contribution in [0.5, 0.6) is 0 Å². The largest absolute Gasteiger partial charge is 1.00 e. The van der Waals surface area contributed by atoms with E-state index in [0.29, 0.717) is 13.1 Å². The smallest absolute Gasteiger partial charge is 0.748 e. The summed E-state index contributed by atoms with van der Waals surface area (Å²) in [4.78, 5) is 13.2. The number of hydrogen-bond donors (Lipinski definition) is 0. The molecule has 0 radical (unpaired) electrons. The van der Waals surface area contributed by atoms with Gasteiger partial charge >= 0.3 is 29.6 Å². The van der Waals surface area contributed by atoms with Gasteiger partial charge < -0.3 is 18.9 Å². The standard InChI is InChI=1S/C26H34N4O6S2.Na/c1-25(2)21(29(15-7-17-37(31,32)33)19-9-5-13-27-23(19)25)11-12-22-26(3,4)24-20(10-6-14-28-24)30(22)16-8-18-38(34,35)36;/h5-6,9-11,13-14,21H,7-8,15-18H2,1-4H3,(H,31,32,33)(H,34,35,36);/q;+1/p-2. The maximum atomic E-state index is 11.2. The first kappa shape index (κ1) is 31.8. The number of aromatic nitrogens is 2. The second-order valence-corrected chi connectivity index (χ2v) is 13.8. The maximum absolute atomic E-state index is 11.2. The molecule has 13 heteroatoms. The van der Waals surface area contributed by atoms with Crippen molar-refractivity contribution in [1.82, 2.24) is 9.97 Å². The monoisotopic (exact) mass is 583 g/mol. The third-order valence-electron chi connectivity index (χ3n) is 7.26. The Balaban J connectivity index is 0.00000420. The number of nitrogens with zero attached hydrogens (tertiary/aromatic N) is 4. The molecule has 10 nitrogen and oxygen atoms in total. The predicted molar refractivity (Wildman–Crippen MR) is 143 cm³/mol. The molecule has 0 N–H and O–H groups in total. The van der Waals surface area contributed by atoms with Crippen LogP contribution in [0.3, 0.4) is 0 Å². The Kier molecular flexibility index (Phi) is 9.46. The van der Waals surface area contributed by atoms with E-state index in [9.17, 15) is 25.9 Å². The van der Waals surface area contributed by atoms with E-state index < -0.39 is 42.6 Å². The van der Waals surface area contributed by atoms with Crippen LogP contribution in [0.15, 0.2) is 54.2 Å². The molecule has 0 saturated heterocycles. The molecular weight excluding hydrogens is 551 g/mol. The SMILES string of the molecule is CC1(C)C(=C=CC2N(CCCS(=O)(=O)[O-])c3cccnc3C2(C)C)N(CCCS(=O)(=O)[O-])c2cccnc21.[Na+]. The zero-order valence-electron chi connectivity index (χ0n) is 22.9. The zero-order valence-corrected chi connectivity index (χ0v) is 26.5. The van der Waals surface area contributed by atoms with Crippen LogP contribution in [-0.4, -0.2) is 66.5 Å². The van der Waals surface area contributed by atoms with Crippen LogP contribution in [0.4, 0.5) is 11.4 Å². The van der Waals surface area contributed by atoms with Gasteiger partial charge in [-0.1, -0.05) is 13.8 Å². The Morgan fingerprint density at radius 1 is 0.897 bits per heavy atom. The molecule has 0 spiro atoms. The zero-order chi connectivity index (χ0) is 27.9. The minimum absolute atomic E-state index is 0. The van der Waals surface area contributed by atoms with Crippen molar-refractivity contribution in [1.29, 1.82) is 0 Å². The van der Waals surface area contributed by atoms with E-state index in [2.05, 4.69) is 34.4 Å². The average molecular weight is 584 g/mol. The van der Waals surface area contributed by atoms with E-state index >= 15 is 0 Å². The van der Waals surface area contributed by atoms with E-state index in [0.717, 1.165) is 28.5 Å². The molecular formula is C26H32N4NaO6S2-. The van der Waals surface area contributed by atoms with Gasteiger partial charge in [-0.15, -0.1) is 5.73 Å². The maximum Gasteiger partial charge on any atom is 1.00 e. The molecule has 2 aliphatic heterocycles. The van der Waals surface area contributed by atoms with Crippen molar-refractivity contribution in [2.75, 3.05) is 34.4 Å². The molecule has 0 fully saturated rings. The van der Waals surface area contributed by atoms with Crippen molar-refractivity contribution in [2.45, 2.75) is 57.4 Å². The second kappa shape index (κ2) is 11.6. The fraction of sp³-hybridized carbons (Fsp3) is 0.500. The molecule has 0 bridgehead atoms. The van der Waals surface area contributed by atoms with Gasteiger partial charge in [0.25, 0.3) is 0 Å². The van der Waals surface area contributed by atoms with Gasteiger partial charge in [0, 0.05) is 42.4 Å². The Bertz CT molecular complexity index is 1500. The Morgan fingerprint density at radius 2 is 1.44 bits per heavy atom. The quantitative estimate of drug-likeness (QED) is 0.218. The summed E-state index contributed by atoms with van der Waals surface area (Å²) in [6, 6.07) is 7.24. The first-order chi connectivity index (χ1) is 17.6. The molecule has 2 aromatic rings. The molecule has 1 unspecified atom stereocenters. The molecule has 39 heavy (non-hydrogen) atoms. The van der Waals surface area contributed by atoms with Crippen LogP contribution in [0.2, 0.25) is 0 Å². The van der Waals surface area contributed by atoms with Gasteiger partial charge in [0.2, 0.25) is 0 Å². The van der Waals surface area contributed by atoms with Crippen LogP contribution in [0.1, 0.15) is 51.9 Å². The van der Waals surface area contributed by atoms with Crippen LogP contribution < -0.4 is 39.4 Å². The van der Waals surface area contributed by atoms with Gasteiger partial charge in [0.1, 0.15) is 0 Å². The summed E-state index contributed by atoms with van der Waals surface area (Å²) in [5, 5.41) is 0. The molecule has 0 aromatic carbocycles. The number of hydrogen-bond acceptors (Lipinski definition) is 10. The summed E-state index contributed by atoms with van der Waals surface area (Å²) < 4.78 is 67.5. The van der Waals surface area contributed by atoms with Crippen LogP contribution in [-0.2, 0) is 31.1 Å². The average Bonchev–Trinajstić information content (AvgIpc) is 3.15. The fourth-order valence-corrected chi connectivity index (χ4v) is 6.45. The molecule has 2 aliphatic rings. The van der Waals surface area contributed by atoms with Crippen molar-refractivity contribution in [3.8, 4) is 0 Å². The van der Waals surface area contributed by atoms with Gasteiger partial charge in [-0.2, -0.15) is 0 Å². The molecule has 4 heterocycles. The molecule has 0 aliphatic carbocycles. The fourth-order valence-electron chi connectivity index (χ4n) is 5.49. The first-order valence-electron chi connectivity index (χ1n) is 12.4. The van der Waals surface area contributed by atoms with Crippen LogP contribution >= 0.6 is 0 Å². The Hall–Kier alpha value is -1.76. The summed E-state index contributed by atoms with van der Waals surface area (Å²) in [5.41, 5.74) is 6.69. The van der Waals surface area contributed by atoms with E-state index in [4.69, 9.17) is 0 Å². The van der Waals surface area contributed by atoms with Crippen molar-refractivity contribution >= 4 is 31.6 Å². The number of anilines is 2. The normalized spacial score (nSPS) is 19.2. The predicted octanol–water partition coefficient (Wildman–Crippen LogP) is -0.346. The molecule has 0 amide bonds.